The summed E-state index contributed by atoms with van der Waals surface area (Å²) >= 11 is 0. The molecule has 0 aromatic carbocycles. The van der Waals surface area contributed by atoms with Crippen molar-refractivity contribution >= 4 is 0 Å². The molecule has 0 spiro atoms. The van der Waals surface area contributed by atoms with E-state index in [1.807, 2.05) is 0 Å². The fraction of sp³-hybridized carbons (Fsp3) is 1.00. The predicted molar refractivity (Wildman–Crippen MR) is 88.1 cm³/mol. The van der Waals surface area contributed by atoms with E-state index in [9.17, 15) is 0 Å². The second kappa shape index (κ2) is 6.79. The Bertz CT molecular complexity index is 276. The Labute approximate surface area is 126 Å². The number of nitrogens with one attached hydrogen (secondary N) is 1. The van der Waals surface area contributed by atoms with Crippen LogP contribution in [-0.2, 0) is 0 Å². The van der Waals surface area contributed by atoms with Crippen molar-refractivity contribution in [1.29, 1.82) is 0 Å². The molecule has 0 amide bonds. The molecule has 118 valence electrons. The summed E-state index contributed by atoms with van der Waals surface area (Å²) in [4.78, 5) is 2.62. The fourth-order valence-corrected chi connectivity index (χ4v) is 4.04. The summed E-state index contributed by atoms with van der Waals surface area (Å²) in [5.74, 6) is 0.934. The topological polar surface area (TPSA) is 15.3 Å². The van der Waals surface area contributed by atoms with Gasteiger partial charge in [-0.3, -0.25) is 0 Å². The molecule has 2 rings (SSSR count). The normalized spacial score (nSPS) is 30.9. The average molecular weight is 280 g/mol. The average Bonchev–Trinajstić information content (AvgIpc) is 2.39. The van der Waals surface area contributed by atoms with E-state index in [1.165, 1.54) is 51.6 Å². The summed E-state index contributed by atoms with van der Waals surface area (Å²) in [6.07, 6.45) is 8.32. The van der Waals surface area contributed by atoms with Gasteiger partial charge in [0.2, 0.25) is 0 Å². The summed E-state index contributed by atoms with van der Waals surface area (Å²) in [5, 5.41) is 3.96. The highest BCUT2D eigenvalue weighted by molar-refractivity contribution is 4.87. The lowest BCUT2D eigenvalue weighted by atomic mass is 9.71. The van der Waals surface area contributed by atoms with E-state index in [2.05, 4.69) is 44.8 Å². The van der Waals surface area contributed by atoms with Crippen molar-refractivity contribution in [3.63, 3.8) is 0 Å². The smallest absolute Gasteiger partial charge is 0.00940 e. The zero-order chi connectivity index (χ0) is 14.8. The van der Waals surface area contributed by atoms with Gasteiger partial charge in [-0.1, -0.05) is 20.8 Å². The molecule has 0 unspecified atom stereocenters. The second-order valence-corrected chi connectivity index (χ2v) is 8.49. The minimum absolute atomic E-state index is 0.508. The number of hydrogen-bond acceptors (Lipinski definition) is 2. The number of nitrogens with zero attached hydrogens (tertiary/aromatic N) is 1. The Morgan fingerprint density at radius 2 is 1.35 bits per heavy atom. The first kappa shape index (κ1) is 16.3. The Balaban J connectivity index is 1.69. The maximum atomic E-state index is 3.96. The highest BCUT2D eigenvalue weighted by atomic mass is 15.2. The van der Waals surface area contributed by atoms with E-state index in [0.717, 1.165) is 24.0 Å². The molecule has 2 aliphatic rings. The van der Waals surface area contributed by atoms with Crippen molar-refractivity contribution < 1.29 is 0 Å². The third kappa shape index (κ3) is 4.46. The summed E-state index contributed by atoms with van der Waals surface area (Å²) in [5.41, 5.74) is 0.508. The maximum Gasteiger partial charge on any atom is 0.00940 e. The largest absolute Gasteiger partial charge is 0.311 e. The number of piperidine rings is 1. The number of likely N-dealkylation sites (tertiary alicyclic amines) is 1. The van der Waals surface area contributed by atoms with Gasteiger partial charge in [-0.25, -0.2) is 0 Å². The molecule has 20 heavy (non-hydrogen) atoms. The van der Waals surface area contributed by atoms with Crippen LogP contribution in [0.25, 0.3) is 0 Å². The van der Waals surface area contributed by atoms with Gasteiger partial charge >= 0.3 is 0 Å². The van der Waals surface area contributed by atoms with Crippen LogP contribution in [0.5, 0.6) is 0 Å². The SMILES string of the molecule is CC(C)N1CCC(NC2CCC(C(C)(C)C)CC2)CC1. The van der Waals surface area contributed by atoms with Crippen LogP contribution in [0.1, 0.15) is 73.1 Å². The Morgan fingerprint density at radius 1 is 0.850 bits per heavy atom. The fourth-order valence-electron chi connectivity index (χ4n) is 4.04. The molecule has 0 aromatic heterocycles. The first-order chi connectivity index (χ1) is 9.36. The van der Waals surface area contributed by atoms with Crippen LogP contribution in [0, 0.1) is 11.3 Å². The molecule has 1 N–H and O–H groups in total. The first-order valence-corrected chi connectivity index (χ1v) is 8.86. The first-order valence-electron chi connectivity index (χ1n) is 8.86. The van der Waals surface area contributed by atoms with E-state index in [1.54, 1.807) is 0 Å². The van der Waals surface area contributed by atoms with Crippen molar-refractivity contribution in [3.05, 3.63) is 0 Å². The molecule has 2 nitrogen and oxygen atoms in total. The Morgan fingerprint density at radius 3 is 1.80 bits per heavy atom. The highest BCUT2D eigenvalue weighted by Gasteiger charge is 2.31. The monoisotopic (exact) mass is 280 g/mol. The molecule has 2 fully saturated rings. The summed E-state index contributed by atoms with van der Waals surface area (Å²) in [6.45, 7) is 14.4. The van der Waals surface area contributed by atoms with Gasteiger partial charge in [-0.05, 0) is 76.8 Å². The summed E-state index contributed by atoms with van der Waals surface area (Å²) < 4.78 is 0. The molecular formula is C18H36N2. The Kier molecular flexibility index (Phi) is 5.53. The van der Waals surface area contributed by atoms with E-state index >= 15 is 0 Å². The molecule has 1 heterocycles. The molecule has 0 atom stereocenters. The van der Waals surface area contributed by atoms with Gasteiger partial charge in [-0.2, -0.15) is 0 Å². The van der Waals surface area contributed by atoms with Crippen LogP contribution in [0.4, 0.5) is 0 Å². The minimum Gasteiger partial charge on any atom is -0.311 e. The van der Waals surface area contributed by atoms with E-state index in [0.29, 0.717) is 5.41 Å². The van der Waals surface area contributed by atoms with Gasteiger partial charge in [0, 0.05) is 18.1 Å². The molecule has 0 radical (unpaired) electrons. The highest BCUT2D eigenvalue weighted by Crippen LogP contribution is 2.37. The van der Waals surface area contributed by atoms with Crippen LogP contribution < -0.4 is 5.32 Å². The van der Waals surface area contributed by atoms with Crippen molar-refractivity contribution in [2.75, 3.05) is 13.1 Å². The van der Waals surface area contributed by atoms with Crippen molar-refractivity contribution in [3.8, 4) is 0 Å². The molecule has 2 heteroatoms. The minimum atomic E-state index is 0.508. The van der Waals surface area contributed by atoms with Crippen LogP contribution >= 0.6 is 0 Å². The molecule has 1 aliphatic carbocycles. The lowest BCUT2D eigenvalue weighted by molar-refractivity contribution is 0.131. The van der Waals surface area contributed by atoms with E-state index in [-0.39, 0.29) is 0 Å². The summed E-state index contributed by atoms with van der Waals surface area (Å²) in [6, 6.07) is 2.29. The quantitative estimate of drug-likeness (QED) is 0.839. The second-order valence-electron chi connectivity index (χ2n) is 8.49. The van der Waals surface area contributed by atoms with Crippen molar-refractivity contribution in [2.24, 2.45) is 11.3 Å². The molecular weight excluding hydrogens is 244 g/mol. The van der Waals surface area contributed by atoms with Crippen molar-refractivity contribution in [2.45, 2.75) is 91.3 Å². The van der Waals surface area contributed by atoms with E-state index < -0.39 is 0 Å². The van der Waals surface area contributed by atoms with Crippen LogP contribution in [0.15, 0.2) is 0 Å². The lowest BCUT2D eigenvalue weighted by Gasteiger charge is -2.40. The van der Waals surface area contributed by atoms with Gasteiger partial charge in [0.15, 0.2) is 0 Å². The zero-order valence-electron chi connectivity index (χ0n) is 14.4. The van der Waals surface area contributed by atoms with Gasteiger partial charge in [0.1, 0.15) is 0 Å². The van der Waals surface area contributed by atoms with Gasteiger partial charge in [-0.15, -0.1) is 0 Å². The third-order valence-electron chi connectivity index (χ3n) is 5.68. The summed E-state index contributed by atoms with van der Waals surface area (Å²) in [7, 11) is 0. The maximum absolute atomic E-state index is 3.96. The molecule has 1 saturated carbocycles. The van der Waals surface area contributed by atoms with Crippen LogP contribution in [0.3, 0.4) is 0 Å². The third-order valence-corrected chi connectivity index (χ3v) is 5.68. The number of hydrogen-bond donors (Lipinski definition) is 1. The number of rotatable bonds is 3. The lowest BCUT2D eigenvalue weighted by Crippen LogP contribution is -2.48. The molecule has 0 bridgehead atoms. The Hall–Kier alpha value is -0.0800. The molecule has 1 aliphatic heterocycles. The van der Waals surface area contributed by atoms with E-state index in [4.69, 9.17) is 0 Å². The van der Waals surface area contributed by atoms with Crippen LogP contribution in [0.2, 0.25) is 0 Å². The predicted octanol–water partition coefficient (Wildman–Crippen LogP) is 4.05. The van der Waals surface area contributed by atoms with Crippen molar-refractivity contribution in [1.82, 2.24) is 10.2 Å². The van der Waals surface area contributed by atoms with Gasteiger partial charge in [0.25, 0.3) is 0 Å². The zero-order valence-corrected chi connectivity index (χ0v) is 14.4. The standard InChI is InChI=1S/C18H36N2/c1-14(2)20-12-10-17(11-13-20)19-16-8-6-15(7-9-16)18(3,4)5/h14-17,19H,6-13H2,1-5H3. The molecule has 0 aromatic rings. The van der Waals surface area contributed by atoms with Gasteiger partial charge < -0.3 is 10.2 Å². The van der Waals surface area contributed by atoms with Gasteiger partial charge in [0.05, 0.1) is 0 Å². The molecule has 1 saturated heterocycles. The van der Waals surface area contributed by atoms with Crippen LogP contribution in [-0.4, -0.2) is 36.1 Å².